The molecule has 0 bridgehead atoms. The van der Waals surface area contributed by atoms with Crippen molar-refractivity contribution in [3.05, 3.63) is 52.8 Å². The summed E-state index contributed by atoms with van der Waals surface area (Å²) in [5, 5.41) is 2.03. The second-order valence-electron chi connectivity index (χ2n) is 5.29. The largest absolute Gasteiger partial charge is 0.487 e. The van der Waals surface area contributed by atoms with Crippen LogP contribution in [0.4, 0.5) is 0 Å². The van der Waals surface area contributed by atoms with E-state index in [1.807, 2.05) is 22.2 Å². The molecule has 2 heterocycles. The van der Waals surface area contributed by atoms with E-state index < -0.39 is 0 Å². The van der Waals surface area contributed by atoms with Crippen LogP contribution in [-0.2, 0) is 6.61 Å². The molecule has 3 aromatic rings. The van der Waals surface area contributed by atoms with Crippen molar-refractivity contribution in [2.24, 2.45) is 0 Å². The van der Waals surface area contributed by atoms with Gasteiger partial charge in [0.1, 0.15) is 12.4 Å². The van der Waals surface area contributed by atoms with Crippen molar-refractivity contribution < 1.29 is 4.74 Å². The van der Waals surface area contributed by atoms with Crippen molar-refractivity contribution in [2.75, 3.05) is 0 Å². The minimum absolute atomic E-state index is 0.510. The lowest BCUT2D eigenvalue weighted by molar-refractivity contribution is 0.299. The Kier molecular flexibility index (Phi) is 3.49. The number of ether oxygens (including phenoxy) is 1. The fourth-order valence-corrected chi connectivity index (χ4v) is 2.85. The Morgan fingerprint density at radius 3 is 2.95 bits per heavy atom. The maximum Gasteiger partial charge on any atom is 0.193 e. The van der Waals surface area contributed by atoms with Crippen molar-refractivity contribution in [3.8, 4) is 5.75 Å². The Morgan fingerprint density at radius 2 is 2.20 bits per heavy atom. The third-order valence-corrected chi connectivity index (χ3v) is 4.17. The van der Waals surface area contributed by atoms with Gasteiger partial charge in [0.15, 0.2) is 4.96 Å². The van der Waals surface area contributed by atoms with Gasteiger partial charge in [0, 0.05) is 17.8 Å². The predicted molar refractivity (Wildman–Crippen MR) is 82.7 cm³/mol. The molecular formula is C16H18N2OS. The molecule has 0 radical (unpaired) electrons. The van der Waals surface area contributed by atoms with E-state index in [0.717, 1.165) is 22.0 Å². The van der Waals surface area contributed by atoms with Crippen LogP contribution in [0.1, 0.15) is 36.6 Å². The molecule has 0 aliphatic rings. The first-order valence-corrected chi connectivity index (χ1v) is 7.66. The average Bonchev–Trinajstić information content (AvgIpc) is 2.98. The van der Waals surface area contributed by atoms with E-state index in [4.69, 9.17) is 4.74 Å². The molecule has 20 heavy (non-hydrogen) atoms. The molecule has 0 aliphatic heterocycles. The number of hydrogen-bond acceptors (Lipinski definition) is 3. The highest BCUT2D eigenvalue weighted by Gasteiger charge is 2.07. The third kappa shape index (κ3) is 2.56. The molecule has 0 atom stereocenters. The topological polar surface area (TPSA) is 26.5 Å². The summed E-state index contributed by atoms with van der Waals surface area (Å²) < 4.78 is 7.97. The van der Waals surface area contributed by atoms with Gasteiger partial charge in [0.25, 0.3) is 0 Å². The molecule has 0 spiro atoms. The van der Waals surface area contributed by atoms with Crippen LogP contribution >= 0.6 is 11.3 Å². The molecule has 0 fully saturated rings. The van der Waals surface area contributed by atoms with E-state index in [2.05, 4.69) is 44.0 Å². The standard InChI is InChI=1S/C16H18N2OS/c1-11(2)13-5-4-12(3)15(8-13)19-10-14-9-18-6-7-20-16(18)17-14/h4-9,11H,10H2,1-3H3. The van der Waals surface area contributed by atoms with Gasteiger partial charge in [-0.25, -0.2) is 4.98 Å². The molecule has 0 saturated heterocycles. The van der Waals surface area contributed by atoms with Gasteiger partial charge in [-0.15, -0.1) is 11.3 Å². The van der Waals surface area contributed by atoms with E-state index >= 15 is 0 Å². The van der Waals surface area contributed by atoms with E-state index in [1.165, 1.54) is 5.56 Å². The third-order valence-electron chi connectivity index (χ3n) is 3.40. The quantitative estimate of drug-likeness (QED) is 0.710. The monoisotopic (exact) mass is 286 g/mol. The Hall–Kier alpha value is -1.81. The van der Waals surface area contributed by atoms with Gasteiger partial charge in [0.05, 0.1) is 5.69 Å². The van der Waals surface area contributed by atoms with Gasteiger partial charge in [0.2, 0.25) is 0 Å². The van der Waals surface area contributed by atoms with Gasteiger partial charge >= 0.3 is 0 Å². The molecule has 0 N–H and O–H groups in total. The number of fused-ring (bicyclic) bond motifs is 1. The first-order chi connectivity index (χ1) is 9.63. The van der Waals surface area contributed by atoms with E-state index in [-0.39, 0.29) is 0 Å². The Balaban J connectivity index is 1.77. The van der Waals surface area contributed by atoms with Crippen LogP contribution < -0.4 is 4.74 Å². The molecular weight excluding hydrogens is 268 g/mol. The van der Waals surface area contributed by atoms with Crippen LogP contribution in [0.3, 0.4) is 0 Å². The van der Waals surface area contributed by atoms with Gasteiger partial charge < -0.3 is 4.74 Å². The fourth-order valence-electron chi connectivity index (χ4n) is 2.13. The molecule has 4 heteroatoms. The second kappa shape index (κ2) is 5.29. The van der Waals surface area contributed by atoms with Crippen LogP contribution in [0, 0.1) is 6.92 Å². The summed E-state index contributed by atoms with van der Waals surface area (Å²) in [5.74, 6) is 1.46. The van der Waals surface area contributed by atoms with Crippen molar-refractivity contribution in [2.45, 2.75) is 33.3 Å². The van der Waals surface area contributed by atoms with Gasteiger partial charge in [-0.3, -0.25) is 4.40 Å². The summed E-state index contributed by atoms with van der Waals surface area (Å²) in [6.45, 7) is 6.97. The molecule has 0 amide bonds. The zero-order chi connectivity index (χ0) is 14.1. The van der Waals surface area contributed by atoms with Crippen LogP contribution in [0.25, 0.3) is 4.96 Å². The number of aromatic nitrogens is 2. The molecule has 0 aliphatic carbocycles. The van der Waals surface area contributed by atoms with Crippen molar-refractivity contribution in [1.29, 1.82) is 0 Å². The first kappa shape index (κ1) is 13.2. The molecule has 0 unspecified atom stereocenters. The Labute approximate surface area is 122 Å². The van der Waals surface area contributed by atoms with Crippen molar-refractivity contribution in [1.82, 2.24) is 9.38 Å². The van der Waals surface area contributed by atoms with Gasteiger partial charge in [-0.05, 0) is 30.0 Å². The zero-order valence-electron chi connectivity index (χ0n) is 12.0. The molecule has 0 saturated carbocycles. The Bertz CT molecular complexity index is 698. The number of thiazole rings is 1. The maximum atomic E-state index is 5.94. The summed E-state index contributed by atoms with van der Waals surface area (Å²) in [6, 6.07) is 6.42. The average molecular weight is 286 g/mol. The molecule has 2 aromatic heterocycles. The summed E-state index contributed by atoms with van der Waals surface area (Å²) in [6.07, 6.45) is 4.04. The predicted octanol–water partition coefficient (Wildman–Crippen LogP) is 4.41. The SMILES string of the molecule is Cc1ccc(C(C)C)cc1OCc1cn2ccsc2n1. The minimum atomic E-state index is 0.510. The normalized spacial score (nSPS) is 11.4. The lowest BCUT2D eigenvalue weighted by atomic mass is 10.0. The van der Waals surface area contributed by atoms with Crippen LogP contribution in [0.15, 0.2) is 36.0 Å². The summed E-state index contributed by atoms with van der Waals surface area (Å²) in [7, 11) is 0. The van der Waals surface area contributed by atoms with E-state index in [9.17, 15) is 0 Å². The maximum absolute atomic E-state index is 5.94. The van der Waals surface area contributed by atoms with Crippen LogP contribution in [-0.4, -0.2) is 9.38 Å². The summed E-state index contributed by atoms with van der Waals surface area (Å²) in [4.78, 5) is 5.54. The highest BCUT2D eigenvalue weighted by Crippen LogP contribution is 2.25. The molecule has 1 aromatic carbocycles. The second-order valence-corrected chi connectivity index (χ2v) is 6.17. The Morgan fingerprint density at radius 1 is 1.35 bits per heavy atom. The van der Waals surface area contributed by atoms with Crippen LogP contribution in [0.2, 0.25) is 0 Å². The highest BCUT2D eigenvalue weighted by atomic mass is 32.1. The molecule has 3 rings (SSSR count). The summed E-state index contributed by atoms with van der Waals surface area (Å²) >= 11 is 1.64. The first-order valence-electron chi connectivity index (χ1n) is 6.78. The number of hydrogen-bond donors (Lipinski definition) is 0. The smallest absolute Gasteiger partial charge is 0.193 e. The number of benzene rings is 1. The van der Waals surface area contributed by atoms with E-state index in [1.54, 1.807) is 11.3 Å². The fraction of sp³-hybridized carbons (Fsp3) is 0.312. The molecule has 3 nitrogen and oxygen atoms in total. The number of aryl methyl sites for hydroxylation is 1. The van der Waals surface area contributed by atoms with Crippen molar-refractivity contribution in [3.63, 3.8) is 0 Å². The van der Waals surface area contributed by atoms with E-state index in [0.29, 0.717) is 12.5 Å². The van der Waals surface area contributed by atoms with Crippen LogP contribution in [0.5, 0.6) is 5.75 Å². The highest BCUT2D eigenvalue weighted by molar-refractivity contribution is 7.15. The number of nitrogens with zero attached hydrogens (tertiary/aromatic N) is 2. The van der Waals surface area contributed by atoms with Gasteiger partial charge in [-0.1, -0.05) is 26.0 Å². The number of imidazole rings is 1. The van der Waals surface area contributed by atoms with Crippen molar-refractivity contribution >= 4 is 16.3 Å². The van der Waals surface area contributed by atoms with Gasteiger partial charge in [-0.2, -0.15) is 0 Å². The molecule has 104 valence electrons. The zero-order valence-corrected chi connectivity index (χ0v) is 12.8. The minimum Gasteiger partial charge on any atom is -0.487 e. The summed E-state index contributed by atoms with van der Waals surface area (Å²) in [5.41, 5.74) is 3.43. The lowest BCUT2D eigenvalue weighted by Gasteiger charge is -2.12. The lowest BCUT2D eigenvalue weighted by Crippen LogP contribution is -1.99. The number of rotatable bonds is 4.